The van der Waals surface area contributed by atoms with Crippen LogP contribution in [0.2, 0.25) is 0 Å². The van der Waals surface area contributed by atoms with Gasteiger partial charge in [-0.25, -0.2) is 0 Å². The summed E-state index contributed by atoms with van der Waals surface area (Å²) in [6.07, 6.45) is 1.00. The second kappa shape index (κ2) is 7.32. The van der Waals surface area contributed by atoms with E-state index >= 15 is 0 Å². The molecule has 1 rings (SSSR count). The highest BCUT2D eigenvalue weighted by molar-refractivity contribution is 5.79. The molecule has 1 aromatic rings. The number of nitrogens with zero attached hydrogens (tertiary/aromatic N) is 1. The monoisotopic (exact) mass is 275 g/mol. The number of benzene rings is 1. The average Bonchev–Trinajstić information content (AvgIpc) is 2.36. The molecule has 0 aliphatic rings. The van der Waals surface area contributed by atoms with E-state index in [9.17, 15) is 0 Å². The van der Waals surface area contributed by atoms with Gasteiger partial charge in [-0.3, -0.25) is 4.99 Å². The van der Waals surface area contributed by atoms with Crippen LogP contribution in [-0.4, -0.2) is 25.6 Å². The van der Waals surface area contributed by atoms with E-state index in [0.717, 1.165) is 18.9 Å². The maximum absolute atomic E-state index is 4.20. The minimum atomic E-state index is 0.222. The van der Waals surface area contributed by atoms with Crippen LogP contribution in [0, 0.1) is 0 Å². The van der Waals surface area contributed by atoms with Crippen molar-refractivity contribution in [3.63, 3.8) is 0 Å². The lowest BCUT2D eigenvalue weighted by Gasteiger charge is -2.19. The van der Waals surface area contributed by atoms with Gasteiger partial charge < -0.3 is 10.6 Å². The predicted octanol–water partition coefficient (Wildman–Crippen LogP) is 3.10. The Bertz CT molecular complexity index is 425. The van der Waals surface area contributed by atoms with Crippen LogP contribution < -0.4 is 10.6 Å². The van der Waals surface area contributed by atoms with Crippen LogP contribution >= 0.6 is 0 Å². The van der Waals surface area contributed by atoms with Gasteiger partial charge in [0.15, 0.2) is 5.96 Å². The second-order valence-corrected chi connectivity index (χ2v) is 6.49. The molecule has 0 fully saturated rings. The van der Waals surface area contributed by atoms with Gasteiger partial charge in [0.25, 0.3) is 0 Å². The fraction of sp³-hybridized carbons (Fsp3) is 0.588. The van der Waals surface area contributed by atoms with E-state index in [-0.39, 0.29) is 5.41 Å². The average molecular weight is 275 g/mol. The van der Waals surface area contributed by atoms with E-state index in [0.29, 0.717) is 6.04 Å². The molecule has 0 atom stereocenters. The van der Waals surface area contributed by atoms with Gasteiger partial charge in [-0.15, -0.1) is 0 Å². The third-order valence-corrected chi connectivity index (χ3v) is 3.18. The predicted molar refractivity (Wildman–Crippen MR) is 88.5 cm³/mol. The van der Waals surface area contributed by atoms with Gasteiger partial charge in [-0.05, 0) is 36.8 Å². The molecule has 0 saturated carbocycles. The summed E-state index contributed by atoms with van der Waals surface area (Å²) >= 11 is 0. The van der Waals surface area contributed by atoms with Crippen LogP contribution in [0.5, 0.6) is 0 Å². The summed E-state index contributed by atoms with van der Waals surface area (Å²) in [5.41, 5.74) is 2.96. The smallest absolute Gasteiger partial charge is 0.191 e. The lowest BCUT2D eigenvalue weighted by Crippen LogP contribution is -2.41. The molecule has 0 amide bonds. The Kier molecular flexibility index (Phi) is 6.05. The van der Waals surface area contributed by atoms with Crippen molar-refractivity contribution in [1.82, 2.24) is 10.6 Å². The van der Waals surface area contributed by atoms with Crippen molar-refractivity contribution in [3.05, 3.63) is 35.4 Å². The topological polar surface area (TPSA) is 36.4 Å². The van der Waals surface area contributed by atoms with Crippen molar-refractivity contribution in [2.75, 3.05) is 13.6 Å². The van der Waals surface area contributed by atoms with Crippen molar-refractivity contribution in [1.29, 1.82) is 0 Å². The van der Waals surface area contributed by atoms with Crippen molar-refractivity contribution in [2.45, 2.75) is 52.5 Å². The zero-order chi connectivity index (χ0) is 15.2. The van der Waals surface area contributed by atoms with Gasteiger partial charge in [0.2, 0.25) is 0 Å². The highest BCUT2D eigenvalue weighted by Gasteiger charge is 2.12. The van der Waals surface area contributed by atoms with Crippen LogP contribution in [0.1, 0.15) is 45.7 Å². The Balaban J connectivity index is 2.46. The molecular formula is C17H29N3. The first kappa shape index (κ1) is 16.5. The first-order valence-electron chi connectivity index (χ1n) is 7.39. The third-order valence-electron chi connectivity index (χ3n) is 3.18. The molecule has 2 N–H and O–H groups in total. The molecule has 0 aliphatic heterocycles. The summed E-state index contributed by atoms with van der Waals surface area (Å²) in [7, 11) is 1.80. The molecule has 20 heavy (non-hydrogen) atoms. The van der Waals surface area contributed by atoms with Crippen LogP contribution in [0.3, 0.4) is 0 Å². The number of guanidine groups is 1. The lowest BCUT2D eigenvalue weighted by atomic mass is 9.86. The Morgan fingerprint density at radius 1 is 1.15 bits per heavy atom. The van der Waals surface area contributed by atoms with E-state index in [1.807, 2.05) is 0 Å². The molecule has 0 spiro atoms. The lowest BCUT2D eigenvalue weighted by molar-refractivity contribution is 0.590. The van der Waals surface area contributed by atoms with Gasteiger partial charge in [-0.2, -0.15) is 0 Å². The summed E-state index contributed by atoms with van der Waals surface area (Å²) in [5, 5.41) is 6.62. The zero-order valence-corrected chi connectivity index (χ0v) is 13.7. The summed E-state index contributed by atoms with van der Waals surface area (Å²) in [6, 6.07) is 9.31. The van der Waals surface area contributed by atoms with Crippen molar-refractivity contribution in [2.24, 2.45) is 4.99 Å². The van der Waals surface area contributed by atoms with E-state index < -0.39 is 0 Å². The summed E-state index contributed by atoms with van der Waals surface area (Å²) in [6.45, 7) is 11.8. The van der Waals surface area contributed by atoms with Gasteiger partial charge in [-0.1, -0.05) is 45.0 Å². The number of rotatable bonds is 4. The number of nitrogens with one attached hydrogen (secondary N) is 2. The molecule has 0 aromatic heterocycles. The molecule has 0 unspecified atom stereocenters. The molecule has 1 aromatic carbocycles. The largest absolute Gasteiger partial charge is 0.356 e. The fourth-order valence-electron chi connectivity index (χ4n) is 1.96. The van der Waals surface area contributed by atoms with Gasteiger partial charge >= 0.3 is 0 Å². The summed E-state index contributed by atoms with van der Waals surface area (Å²) in [4.78, 5) is 4.20. The van der Waals surface area contributed by atoms with E-state index in [2.05, 4.69) is 74.5 Å². The van der Waals surface area contributed by atoms with Crippen molar-refractivity contribution < 1.29 is 0 Å². The first-order chi connectivity index (χ1) is 9.32. The molecule has 0 saturated heterocycles. The van der Waals surface area contributed by atoms with E-state index in [4.69, 9.17) is 0 Å². The quantitative estimate of drug-likeness (QED) is 0.654. The molecule has 0 radical (unpaired) electrons. The molecule has 0 heterocycles. The molecule has 0 aliphatic carbocycles. The van der Waals surface area contributed by atoms with Crippen LogP contribution in [0.15, 0.2) is 29.3 Å². The van der Waals surface area contributed by atoms with Crippen molar-refractivity contribution >= 4 is 5.96 Å². The standard InChI is InChI=1S/C17H29N3/c1-13(2)20-16(18-6)19-12-11-14-7-9-15(10-8-14)17(3,4)5/h7-10,13H,11-12H2,1-6H3,(H2,18,19,20). The molecule has 3 nitrogen and oxygen atoms in total. The number of aliphatic imine (C=N–C) groups is 1. The summed E-state index contributed by atoms with van der Waals surface area (Å²) < 4.78 is 0. The Labute approximate surface area is 123 Å². The molecule has 112 valence electrons. The maximum atomic E-state index is 4.20. The SMILES string of the molecule is CN=C(NCCc1ccc(C(C)(C)C)cc1)NC(C)C. The molecular weight excluding hydrogens is 246 g/mol. The maximum Gasteiger partial charge on any atom is 0.191 e. The Hall–Kier alpha value is -1.51. The number of hydrogen-bond acceptors (Lipinski definition) is 1. The van der Waals surface area contributed by atoms with Gasteiger partial charge in [0, 0.05) is 19.6 Å². The van der Waals surface area contributed by atoms with Crippen molar-refractivity contribution in [3.8, 4) is 0 Å². The van der Waals surface area contributed by atoms with Gasteiger partial charge in [0.1, 0.15) is 0 Å². The third kappa shape index (κ3) is 5.64. The minimum absolute atomic E-state index is 0.222. The highest BCUT2D eigenvalue weighted by atomic mass is 15.2. The van der Waals surface area contributed by atoms with Gasteiger partial charge in [0.05, 0.1) is 0 Å². The molecule has 3 heteroatoms. The number of hydrogen-bond donors (Lipinski definition) is 2. The first-order valence-corrected chi connectivity index (χ1v) is 7.39. The van der Waals surface area contributed by atoms with E-state index in [1.165, 1.54) is 11.1 Å². The Morgan fingerprint density at radius 3 is 2.20 bits per heavy atom. The normalized spacial score (nSPS) is 12.7. The fourth-order valence-corrected chi connectivity index (χ4v) is 1.96. The van der Waals surface area contributed by atoms with Crippen LogP contribution in [-0.2, 0) is 11.8 Å². The zero-order valence-electron chi connectivity index (χ0n) is 13.7. The Morgan fingerprint density at radius 2 is 1.75 bits per heavy atom. The second-order valence-electron chi connectivity index (χ2n) is 6.49. The minimum Gasteiger partial charge on any atom is -0.356 e. The van der Waals surface area contributed by atoms with E-state index in [1.54, 1.807) is 7.05 Å². The molecule has 0 bridgehead atoms. The summed E-state index contributed by atoms with van der Waals surface area (Å²) in [5.74, 6) is 0.867. The van der Waals surface area contributed by atoms with Crippen LogP contribution in [0.25, 0.3) is 0 Å². The highest BCUT2D eigenvalue weighted by Crippen LogP contribution is 2.22. The van der Waals surface area contributed by atoms with Crippen LogP contribution in [0.4, 0.5) is 0 Å².